The van der Waals surface area contributed by atoms with Crippen LogP contribution in [0.4, 0.5) is 5.69 Å². The van der Waals surface area contributed by atoms with Crippen LogP contribution in [0.2, 0.25) is 0 Å². The number of nitriles is 1. The Balaban J connectivity index is 1.38. The van der Waals surface area contributed by atoms with Crippen LogP contribution in [0, 0.1) is 17.2 Å². The van der Waals surface area contributed by atoms with Gasteiger partial charge in [-0.3, -0.25) is 9.69 Å². The molecule has 1 saturated heterocycles. The number of carbonyl (C=O) groups is 1. The lowest BCUT2D eigenvalue weighted by molar-refractivity contribution is -0.121. The monoisotopic (exact) mass is 410 g/mol. The van der Waals surface area contributed by atoms with Crippen LogP contribution >= 0.6 is 0 Å². The van der Waals surface area contributed by atoms with E-state index in [0.717, 1.165) is 57.8 Å². The fraction of sp³-hybridized carbons (Fsp3) is 0.680. The summed E-state index contributed by atoms with van der Waals surface area (Å²) in [4.78, 5) is 16.8. The van der Waals surface area contributed by atoms with E-state index in [-0.39, 0.29) is 18.4 Å². The smallest absolute Gasteiger partial charge is 0.234 e. The molecule has 1 amide bonds. The number of carbonyl (C=O) groups excluding carboxylic acids is 1. The zero-order chi connectivity index (χ0) is 21.3. The van der Waals surface area contributed by atoms with Crippen molar-refractivity contribution in [2.45, 2.75) is 71.3 Å². The van der Waals surface area contributed by atoms with Gasteiger partial charge in [0.15, 0.2) is 0 Å². The molecule has 1 aliphatic heterocycles. The molecule has 1 aromatic carbocycles. The number of hydrogen-bond acceptors (Lipinski definition) is 4. The van der Waals surface area contributed by atoms with Gasteiger partial charge in [-0.2, -0.15) is 5.26 Å². The summed E-state index contributed by atoms with van der Waals surface area (Å²) in [5.41, 5.74) is 4.36. The minimum atomic E-state index is -0.116. The van der Waals surface area contributed by atoms with Gasteiger partial charge in [0.1, 0.15) is 6.42 Å². The lowest BCUT2D eigenvalue weighted by atomic mass is 9.84. The maximum absolute atomic E-state index is 11.6. The topological polar surface area (TPSA) is 59.4 Å². The third kappa shape index (κ3) is 6.22. The summed E-state index contributed by atoms with van der Waals surface area (Å²) < 4.78 is 0. The van der Waals surface area contributed by atoms with Crippen LogP contribution in [0.15, 0.2) is 18.2 Å². The van der Waals surface area contributed by atoms with E-state index in [4.69, 9.17) is 5.26 Å². The Morgan fingerprint density at radius 2 is 1.83 bits per heavy atom. The summed E-state index contributed by atoms with van der Waals surface area (Å²) in [5, 5.41) is 11.6. The van der Waals surface area contributed by atoms with E-state index in [1.165, 1.54) is 42.6 Å². The molecule has 1 heterocycles. The number of nitrogens with zero attached hydrogens (tertiary/aromatic N) is 3. The number of amides is 1. The minimum absolute atomic E-state index is 0.0194. The highest BCUT2D eigenvalue weighted by molar-refractivity contribution is 5.78. The Hall–Kier alpha value is -2.06. The van der Waals surface area contributed by atoms with Crippen molar-refractivity contribution in [3.63, 3.8) is 0 Å². The molecule has 164 valence electrons. The van der Waals surface area contributed by atoms with Crippen LogP contribution < -0.4 is 10.2 Å². The Morgan fingerprint density at radius 1 is 1.10 bits per heavy atom. The molecule has 1 N–H and O–H groups in total. The summed E-state index contributed by atoms with van der Waals surface area (Å²) in [6.45, 7) is 10.2. The lowest BCUT2D eigenvalue weighted by Gasteiger charge is -2.38. The molecule has 0 atom stereocenters. The molecular weight excluding hydrogens is 372 g/mol. The lowest BCUT2D eigenvalue weighted by Crippen LogP contribution is -2.47. The molecule has 0 bridgehead atoms. The first kappa shape index (κ1) is 22.6. The zero-order valence-electron chi connectivity index (χ0n) is 18.8. The molecular formula is C25H38N4O. The van der Waals surface area contributed by atoms with E-state index in [2.05, 4.69) is 47.2 Å². The van der Waals surface area contributed by atoms with Crippen molar-refractivity contribution in [1.29, 1.82) is 5.26 Å². The molecule has 5 heteroatoms. The van der Waals surface area contributed by atoms with E-state index in [1.54, 1.807) is 0 Å². The van der Waals surface area contributed by atoms with Crippen LogP contribution in [-0.2, 0) is 17.6 Å². The SMILES string of the molecule is CCc1ccc(N2CCN(CCC3CCC(NC(=O)CC#N)CC3)CC2)c(CC)c1. The number of nitrogens with one attached hydrogen (secondary N) is 1. The molecule has 1 aromatic rings. The predicted molar refractivity (Wildman–Crippen MR) is 123 cm³/mol. The molecule has 0 spiro atoms. The molecule has 0 aromatic heterocycles. The molecule has 30 heavy (non-hydrogen) atoms. The molecule has 1 aliphatic carbocycles. The van der Waals surface area contributed by atoms with Gasteiger partial charge in [0.05, 0.1) is 6.07 Å². The van der Waals surface area contributed by atoms with Crippen molar-refractivity contribution in [3.05, 3.63) is 29.3 Å². The highest BCUT2D eigenvalue weighted by atomic mass is 16.1. The zero-order valence-corrected chi connectivity index (χ0v) is 18.8. The Bertz CT molecular complexity index is 725. The van der Waals surface area contributed by atoms with Crippen molar-refractivity contribution in [2.24, 2.45) is 5.92 Å². The van der Waals surface area contributed by atoms with Gasteiger partial charge in [-0.15, -0.1) is 0 Å². The van der Waals surface area contributed by atoms with Crippen LogP contribution in [0.1, 0.15) is 63.5 Å². The quantitative estimate of drug-likeness (QED) is 0.706. The number of aryl methyl sites for hydroxylation is 2. The number of piperazine rings is 1. The molecule has 0 unspecified atom stereocenters. The van der Waals surface area contributed by atoms with Crippen LogP contribution in [0.3, 0.4) is 0 Å². The molecule has 2 fully saturated rings. The number of rotatable bonds is 8. The number of benzene rings is 1. The average molecular weight is 411 g/mol. The van der Waals surface area contributed by atoms with E-state index in [1.807, 2.05) is 6.07 Å². The first-order chi connectivity index (χ1) is 14.6. The largest absolute Gasteiger partial charge is 0.369 e. The second-order valence-electron chi connectivity index (χ2n) is 8.91. The minimum Gasteiger partial charge on any atom is -0.369 e. The van der Waals surface area contributed by atoms with Crippen molar-refractivity contribution < 1.29 is 4.79 Å². The van der Waals surface area contributed by atoms with Gasteiger partial charge in [0, 0.05) is 37.9 Å². The Kier molecular flexibility index (Phi) is 8.57. The van der Waals surface area contributed by atoms with Crippen LogP contribution in [0.25, 0.3) is 0 Å². The van der Waals surface area contributed by atoms with E-state index in [9.17, 15) is 4.79 Å². The predicted octanol–water partition coefficient (Wildman–Crippen LogP) is 3.91. The van der Waals surface area contributed by atoms with E-state index in [0.29, 0.717) is 0 Å². The van der Waals surface area contributed by atoms with E-state index >= 15 is 0 Å². The van der Waals surface area contributed by atoms with E-state index < -0.39 is 0 Å². The number of hydrogen-bond donors (Lipinski definition) is 1. The normalized spacial score (nSPS) is 22.5. The summed E-state index contributed by atoms with van der Waals surface area (Å²) >= 11 is 0. The first-order valence-electron chi connectivity index (χ1n) is 11.9. The number of anilines is 1. The third-order valence-corrected chi connectivity index (χ3v) is 6.95. The molecule has 3 rings (SSSR count). The first-order valence-corrected chi connectivity index (χ1v) is 11.9. The van der Waals surface area contributed by atoms with Crippen molar-refractivity contribution in [3.8, 4) is 6.07 Å². The van der Waals surface area contributed by atoms with Gasteiger partial charge in [-0.1, -0.05) is 26.0 Å². The fourth-order valence-corrected chi connectivity index (χ4v) is 4.97. The standard InChI is InChI=1S/C25H38N4O/c1-3-20-7-10-24(22(4-2)19-20)29-17-15-28(16-18-29)14-12-21-5-8-23(9-6-21)27-25(30)11-13-26/h7,10,19,21,23H,3-6,8-9,11-12,14-18H2,1-2H3,(H,27,30). The third-order valence-electron chi connectivity index (χ3n) is 6.95. The van der Waals surface area contributed by atoms with Crippen molar-refractivity contribution in [1.82, 2.24) is 10.2 Å². The highest BCUT2D eigenvalue weighted by Crippen LogP contribution is 2.28. The summed E-state index contributed by atoms with van der Waals surface area (Å²) in [5.74, 6) is 0.662. The van der Waals surface area contributed by atoms with Gasteiger partial charge >= 0.3 is 0 Å². The maximum atomic E-state index is 11.6. The fourth-order valence-electron chi connectivity index (χ4n) is 4.97. The second-order valence-corrected chi connectivity index (χ2v) is 8.91. The average Bonchev–Trinajstić information content (AvgIpc) is 2.78. The maximum Gasteiger partial charge on any atom is 0.234 e. The Labute approximate surface area is 182 Å². The summed E-state index contributed by atoms with van der Waals surface area (Å²) in [7, 11) is 0. The molecule has 5 nitrogen and oxygen atoms in total. The van der Waals surface area contributed by atoms with Gasteiger partial charge in [0.2, 0.25) is 5.91 Å². The second kappa shape index (κ2) is 11.4. The van der Waals surface area contributed by atoms with Gasteiger partial charge in [0.25, 0.3) is 0 Å². The van der Waals surface area contributed by atoms with Crippen LogP contribution in [0.5, 0.6) is 0 Å². The van der Waals surface area contributed by atoms with Crippen LogP contribution in [-0.4, -0.2) is 49.6 Å². The molecule has 2 aliphatic rings. The summed E-state index contributed by atoms with van der Waals surface area (Å²) in [6, 6.07) is 9.22. The Morgan fingerprint density at radius 3 is 2.47 bits per heavy atom. The molecule has 0 radical (unpaired) electrons. The van der Waals surface area contributed by atoms with Gasteiger partial charge < -0.3 is 10.2 Å². The van der Waals surface area contributed by atoms with Crippen molar-refractivity contribution >= 4 is 11.6 Å². The van der Waals surface area contributed by atoms with Crippen molar-refractivity contribution in [2.75, 3.05) is 37.6 Å². The van der Waals surface area contributed by atoms with Gasteiger partial charge in [-0.05, 0) is 74.6 Å². The summed E-state index contributed by atoms with van der Waals surface area (Å²) in [6.07, 6.45) is 7.96. The van der Waals surface area contributed by atoms with Gasteiger partial charge in [-0.25, -0.2) is 0 Å². The highest BCUT2D eigenvalue weighted by Gasteiger charge is 2.24. The molecule has 1 saturated carbocycles.